The van der Waals surface area contributed by atoms with E-state index in [1.807, 2.05) is 0 Å². The predicted molar refractivity (Wildman–Crippen MR) is 78.7 cm³/mol. The van der Waals surface area contributed by atoms with Crippen molar-refractivity contribution in [2.24, 2.45) is 0 Å². The van der Waals surface area contributed by atoms with Crippen molar-refractivity contribution in [2.75, 3.05) is 13.1 Å². The van der Waals surface area contributed by atoms with Crippen molar-refractivity contribution in [3.63, 3.8) is 0 Å². The molecule has 134 valence electrons. The zero-order chi connectivity index (χ0) is 18.2. The smallest absolute Gasteiger partial charge is 0.413 e. The van der Waals surface area contributed by atoms with E-state index in [0.29, 0.717) is 6.29 Å². The van der Waals surface area contributed by atoms with Crippen LogP contribution in [-0.4, -0.2) is 51.9 Å². The molecule has 0 bridgehead atoms. The van der Waals surface area contributed by atoms with Gasteiger partial charge in [0.2, 0.25) is 0 Å². The van der Waals surface area contributed by atoms with Crippen LogP contribution in [0.5, 0.6) is 0 Å². The highest BCUT2D eigenvalue weighted by molar-refractivity contribution is 5.73. The Labute approximate surface area is 137 Å². The number of likely N-dealkylation sites (tertiary alicyclic amines) is 1. The van der Waals surface area contributed by atoms with Gasteiger partial charge >= 0.3 is 12.3 Å². The molecule has 0 aromatic carbocycles. The predicted octanol–water partition coefficient (Wildman–Crippen LogP) is 2.98. The normalized spacial score (nSPS) is 18.3. The molecule has 0 saturated carbocycles. The second-order valence-corrected chi connectivity index (χ2v) is 6.83. The lowest BCUT2D eigenvalue weighted by Gasteiger charge is -2.42. The molecule has 1 amide bonds. The fraction of sp³-hybridized carbons (Fsp3) is 0.667. The summed E-state index contributed by atoms with van der Waals surface area (Å²) in [7, 11) is 0. The van der Waals surface area contributed by atoms with Gasteiger partial charge in [0.05, 0.1) is 11.8 Å². The molecular formula is C15H20F3N3O3. The summed E-state index contributed by atoms with van der Waals surface area (Å²) in [4.78, 5) is 24.0. The van der Waals surface area contributed by atoms with Crippen LogP contribution in [0.3, 0.4) is 0 Å². The van der Waals surface area contributed by atoms with Crippen molar-refractivity contribution in [2.45, 2.75) is 50.9 Å². The molecule has 1 aromatic heterocycles. The minimum Gasteiger partial charge on any atom is -0.444 e. The second kappa shape index (κ2) is 6.10. The van der Waals surface area contributed by atoms with Crippen LogP contribution < -0.4 is 0 Å². The minimum atomic E-state index is -4.56. The van der Waals surface area contributed by atoms with Crippen molar-refractivity contribution in [1.82, 2.24) is 14.7 Å². The topological polar surface area (TPSA) is 64.4 Å². The number of hydrogen-bond acceptors (Lipinski definition) is 4. The third kappa shape index (κ3) is 3.54. The maximum absolute atomic E-state index is 13.7. The number of aromatic nitrogens is 2. The van der Waals surface area contributed by atoms with Gasteiger partial charge in [0.25, 0.3) is 0 Å². The molecule has 6 nitrogen and oxygen atoms in total. The van der Waals surface area contributed by atoms with E-state index in [-0.39, 0.29) is 31.5 Å². The van der Waals surface area contributed by atoms with Crippen molar-refractivity contribution in [3.05, 3.63) is 18.0 Å². The first-order chi connectivity index (χ1) is 11.0. The van der Waals surface area contributed by atoms with Crippen molar-refractivity contribution in [1.29, 1.82) is 0 Å². The van der Waals surface area contributed by atoms with Crippen molar-refractivity contribution < 1.29 is 27.5 Å². The van der Waals surface area contributed by atoms with Gasteiger partial charge in [-0.25, -0.2) is 4.79 Å². The molecule has 0 spiro atoms. The van der Waals surface area contributed by atoms with Gasteiger partial charge in [0.1, 0.15) is 5.60 Å². The van der Waals surface area contributed by atoms with Gasteiger partial charge in [-0.2, -0.15) is 18.3 Å². The average Bonchev–Trinajstić information content (AvgIpc) is 2.93. The maximum Gasteiger partial charge on any atom is 0.413 e. The molecule has 0 N–H and O–H groups in total. The SMILES string of the molecule is CC(C)(C)OC(=O)N1CCC(n2cc(C=O)cn2)(C(F)(F)F)CC1. The van der Waals surface area contributed by atoms with Crippen LogP contribution in [0.25, 0.3) is 0 Å². The highest BCUT2D eigenvalue weighted by atomic mass is 19.4. The number of alkyl halides is 3. The quantitative estimate of drug-likeness (QED) is 0.772. The Hall–Kier alpha value is -2.06. The standard InChI is InChI=1S/C15H20F3N3O3/c1-13(2,3)24-12(23)20-6-4-14(5-7-20,15(16,17)18)21-9-11(10-22)8-19-21/h8-10H,4-7H2,1-3H3. The zero-order valence-corrected chi connectivity index (χ0v) is 13.8. The van der Waals surface area contributed by atoms with E-state index in [0.717, 1.165) is 17.1 Å². The first-order valence-electron chi connectivity index (χ1n) is 7.53. The van der Waals surface area contributed by atoms with Crippen LogP contribution >= 0.6 is 0 Å². The van der Waals surface area contributed by atoms with Gasteiger partial charge < -0.3 is 9.64 Å². The van der Waals surface area contributed by atoms with E-state index in [9.17, 15) is 22.8 Å². The lowest BCUT2D eigenvalue weighted by Crippen LogP contribution is -2.56. The molecule has 0 atom stereocenters. The molecule has 24 heavy (non-hydrogen) atoms. The number of nitrogens with zero attached hydrogens (tertiary/aromatic N) is 3. The van der Waals surface area contributed by atoms with Gasteiger partial charge in [0, 0.05) is 19.3 Å². The fourth-order valence-electron chi connectivity index (χ4n) is 2.66. The van der Waals surface area contributed by atoms with Crippen LogP contribution in [0.1, 0.15) is 44.0 Å². The van der Waals surface area contributed by atoms with Crippen LogP contribution in [0, 0.1) is 0 Å². The van der Waals surface area contributed by atoms with Gasteiger partial charge in [-0.1, -0.05) is 0 Å². The molecule has 1 saturated heterocycles. The van der Waals surface area contributed by atoms with Crippen LogP contribution in [0.2, 0.25) is 0 Å². The number of carbonyl (C=O) groups is 2. The number of halogens is 3. The van der Waals surface area contributed by atoms with Gasteiger partial charge in [0.15, 0.2) is 11.8 Å². The van der Waals surface area contributed by atoms with E-state index >= 15 is 0 Å². The van der Waals surface area contributed by atoms with E-state index in [4.69, 9.17) is 4.74 Å². The Morgan fingerprint density at radius 1 is 1.29 bits per heavy atom. The Balaban J connectivity index is 2.20. The largest absolute Gasteiger partial charge is 0.444 e. The van der Waals surface area contributed by atoms with Crippen LogP contribution in [0.4, 0.5) is 18.0 Å². The number of ether oxygens (including phenoxy) is 1. The number of aldehydes is 1. The summed E-state index contributed by atoms with van der Waals surface area (Å²) in [6.45, 7) is 4.87. The molecule has 0 radical (unpaired) electrons. The Morgan fingerprint density at radius 3 is 2.29 bits per heavy atom. The summed E-state index contributed by atoms with van der Waals surface area (Å²) in [6, 6.07) is 0. The monoisotopic (exact) mass is 347 g/mol. The number of amides is 1. The third-order valence-corrected chi connectivity index (χ3v) is 3.95. The lowest BCUT2D eigenvalue weighted by atomic mass is 9.87. The van der Waals surface area contributed by atoms with Crippen LogP contribution in [0.15, 0.2) is 12.4 Å². The van der Waals surface area contributed by atoms with E-state index in [1.54, 1.807) is 20.8 Å². The summed E-state index contributed by atoms with van der Waals surface area (Å²) >= 11 is 0. The lowest BCUT2D eigenvalue weighted by molar-refractivity contribution is -0.230. The zero-order valence-electron chi connectivity index (χ0n) is 13.8. The molecule has 2 rings (SSSR count). The first-order valence-corrected chi connectivity index (χ1v) is 7.53. The van der Waals surface area contributed by atoms with Crippen molar-refractivity contribution in [3.8, 4) is 0 Å². The van der Waals surface area contributed by atoms with Gasteiger partial charge in [-0.05, 0) is 33.6 Å². The number of piperidine rings is 1. The molecule has 1 aromatic rings. The van der Waals surface area contributed by atoms with Gasteiger partial charge in [-0.15, -0.1) is 0 Å². The number of rotatable bonds is 2. The van der Waals surface area contributed by atoms with Crippen LogP contribution in [-0.2, 0) is 10.3 Å². The minimum absolute atomic E-state index is 0.0770. The molecule has 9 heteroatoms. The molecule has 1 aliphatic heterocycles. The molecule has 0 unspecified atom stereocenters. The number of carbonyl (C=O) groups excluding carboxylic acids is 2. The third-order valence-electron chi connectivity index (χ3n) is 3.95. The fourth-order valence-corrected chi connectivity index (χ4v) is 2.66. The summed E-state index contributed by atoms with van der Waals surface area (Å²) < 4.78 is 47.1. The Morgan fingerprint density at radius 2 is 1.88 bits per heavy atom. The summed E-state index contributed by atoms with van der Waals surface area (Å²) in [6.07, 6.45) is -3.26. The van der Waals surface area contributed by atoms with Gasteiger partial charge in [-0.3, -0.25) is 9.48 Å². The highest BCUT2D eigenvalue weighted by Crippen LogP contribution is 2.44. The molecule has 1 fully saturated rings. The summed E-state index contributed by atoms with van der Waals surface area (Å²) in [5.41, 5.74) is -2.86. The Bertz CT molecular complexity index is 611. The first kappa shape index (κ1) is 18.3. The molecule has 1 aliphatic rings. The molecule has 2 heterocycles. The van der Waals surface area contributed by atoms with E-state index in [1.165, 1.54) is 4.90 Å². The van der Waals surface area contributed by atoms with Crippen molar-refractivity contribution >= 4 is 12.4 Å². The summed E-state index contributed by atoms with van der Waals surface area (Å²) in [5.74, 6) is 0. The van der Waals surface area contributed by atoms with E-state index in [2.05, 4.69) is 5.10 Å². The molecule has 0 aliphatic carbocycles. The average molecular weight is 347 g/mol. The second-order valence-electron chi connectivity index (χ2n) is 6.83. The molecular weight excluding hydrogens is 327 g/mol. The van der Waals surface area contributed by atoms with E-state index < -0.39 is 23.4 Å². The highest BCUT2D eigenvalue weighted by Gasteiger charge is 2.58. The number of hydrogen-bond donors (Lipinski definition) is 0. The Kier molecular flexibility index (Phi) is 4.65. The maximum atomic E-state index is 13.7. The summed E-state index contributed by atoms with van der Waals surface area (Å²) in [5, 5.41) is 3.71.